The molecule has 0 saturated carbocycles. The minimum Gasteiger partial charge on any atom is -0.463 e. The highest BCUT2D eigenvalue weighted by Crippen LogP contribution is 2.17. The van der Waals surface area contributed by atoms with Crippen LogP contribution in [0.5, 0.6) is 0 Å². The molecule has 0 fully saturated rings. The molecule has 1 amide bonds. The van der Waals surface area contributed by atoms with Crippen molar-refractivity contribution in [2.24, 2.45) is 5.10 Å². The number of hydrogen-bond donors (Lipinski definition) is 2. The predicted molar refractivity (Wildman–Crippen MR) is 84.4 cm³/mol. The molecule has 0 unspecified atom stereocenters. The lowest BCUT2D eigenvalue weighted by atomic mass is 10.2. The van der Waals surface area contributed by atoms with Gasteiger partial charge in [0.2, 0.25) is 0 Å². The fraction of sp³-hybridized carbons (Fsp3) is 0. The second-order valence-electron chi connectivity index (χ2n) is 4.70. The number of hydrogen-bond acceptors (Lipinski definition) is 6. The average Bonchev–Trinajstić information content (AvgIpc) is 3.26. The van der Waals surface area contributed by atoms with Crippen molar-refractivity contribution in [1.29, 1.82) is 0 Å². The molecule has 3 aromatic rings. The maximum atomic E-state index is 11.9. The monoisotopic (exact) mass is 325 g/mol. The number of non-ortho nitro benzene ring substituents is 1. The molecule has 120 valence electrons. The van der Waals surface area contributed by atoms with Crippen LogP contribution in [0.25, 0.3) is 11.5 Å². The molecule has 1 aromatic carbocycles. The summed E-state index contributed by atoms with van der Waals surface area (Å²) in [4.78, 5) is 22.1. The molecular weight excluding hydrogens is 314 g/mol. The Morgan fingerprint density at radius 1 is 1.33 bits per heavy atom. The van der Waals surface area contributed by atoms with Gasteiger partial charge in [0, 0.05) is 23.8 Å². The first kappa shape index (κ1) is 15.2. The summed E-state index contributed by atoms with van der Waals surface area (Å²) in [6, 6.07) is 10.9. The number of carbonyl (C=O) groups is 1. The summed E-state index contributed by atoms with van der Waals surface area (Å²) in [6.45, 7) is 0. The van der Waals surface area contributed by atoms with Crippen LogP contribution in [0.1, 0.15) is 16.1 Å². The number of aromatic amines is 1. The van der Waals surface area contributed by atoms with Gasteiger partial charge in [0.1, 0.15) is 5.69 Å². The van der Waals surface area contributed by atoms with Crippen LogP contribution < -0.4 is 5.43 Å². The first-order chi connectivity index (χ1) is 11.6. The number of rotatable bonds is 5. The zero-order valence-electron chi connectivity index (χ0n) is 12.2. The Morgan fingerprint density at radius 3 is 2.96 bits per heavy atom. The van der Waals surface area contributed by atoms with E-state index in [1.165, 1.54) is 36.7 Å². The number of furan rings is 1. The lowest BCUT2D eigenvalue weighted by Gasteiger charge is -1.96. The molecular formula is C15H11N5O4. The number of nitro benzene ring substituents is 1. The molecule has 0 saturated heterocycles. The van der Waals surface area contributed by atoms with Gasteiger partial charge in [-0.05, 0) is 12.1 Å². The van der Waals surface area contributed by atoms with E-state index in [1.807, 2.05) is 0 Å². The highest BCUT2D eigenvalue weighted by atomic mass is 16.6. The minimum absolute atomic E-state index is 0.0549. The van der Waals surface area contributed by atoms with Crippen LogP contribution in [0, 0.1) is 10.1 Å². The van der Waals surface area contributed by atoms with E-state index in [-0.39, 0.29) is 11.4 Å². The Kier molecular flexibility index (Phi) is 4.15. The minimum atomic E-state index is -0.522. The Morgan fingerprint density at radius 2 is 2.21 bits per heavy atom. The van der Waals surface area contributed by atoms with Gasteiger partial charge in [-0.1, -0.05) is 12.1 Å². The van der Waals surface area contributed by atoms with Crippen LogP contribution in [-0.2, 0) is 0 Å². The molecule has 0 spiro atoms. The lowest BCUT2D eigenvalue weighted by molar-refractivity contribution is -0.384. The standard InChI is InChI=1S/C15H11N5O4/c21-15(13-8-12(17-18-13)14-5-2-6-24-14)19-16-9-10-3-1-4-11(7-10)20(22)23/h1-9H,(H,17,18)(H,19,21)/b16-9-. The Bertz CT molecular complexity index is 898. The molecule has 3 rings (SSSR count). The van der Waals surface area contributed by atoms with Crippen molar-refractivity contribution >= 4 is 17.8 Å². The molecule has 9 nitrogen and oxygen atoms in total. The van der Waals surface area contributed by atoms with Crippen molar-refractivity contribution in [2.45, 2.75) is 0 Å². The van der Waals surface area contributed by atoms with Gasteiger partial charge < -0.3 is 4.42 Å². The van der Waals surface area contributed by atoms with Crippen LogP contribution in [-0.4, -0.2) is 27.2 Å². The second-order valence-corrected chi connectivity index (χ2v) is 4.70. The van der Waals surface area contributed by atoms with Crippen molar-refractivity contribution < 1.29 is 14.1 Å². The number of aromatic nitrogens is 2. The van der Waals surface area contributed by atoms with E-state index in [2.05, 4.69) is 20.7 Å². The van der Waals surface area contributed by atoms with Crippen molar-refractivity contribution in [3.05, 3.63) is 70.1 Å². The van der Waals surface area contributed by atoms with E-state index in [4.69, 9.17) is 4.42 Å². The normalized spacial score (nSPS) is 10.8. The summed E-state index contributed by atoms with van der Waals surface area (Å²) in [5.41, 5.74) is 3.44. The van der Waals surface area contributed by atoms with Crippen molar-refractivity contribution in [2.75, 3.05) is 0 Å². The molecule has 2 heterocycles. The molecule has 0 atom stereocenters. The van der Waals surface area contributed by atoms with Crippen LogP contribution in [0.4, 0.5) is 5.69 Å². The van der Waals surface area contributed by atoms with Gasteiger partial charge in [0.15, 0.2) is 11.5 Å². The van der Waals surface area contributed by atoms with Gasteiger partial charge in [-0.2, -0.15) is 10.2 Å². The number of hydrazone groups is 1. The number of H-pyrrole nitrogens is 1. The molecule has 9 heteroatoms. The highest BCUT2D eigenvalue weighted by molar-refractivity contribution is 5.94. The summed E-state index contributed by atoms with van der Waals surface area (Å²) in [6.07, 6.45) is 2.82. The first-order valence-electron chi connectivity index (χ1n) is 6.80. The molecule has 0 aliphatic rings. The summed E-state index contributed by atoms with van der Waals surface area (Å²) >= 11 is 0. The molecule has 0 radical (unpaired) electrons. The predicted octanol–water partition coefficient (Wildman–Crippen LogP) is 2.34. The highest BCUT2D eigenvalue weighted by Gasteiger charge is 2.12. The number of amides is 1. The third kappa shape index (κ3) is 3.35. The molecule has 0 aliphatic heterocycles. The Labute approximate surface area is 135 Å². The molecule has 0 aliphatic carbocycles. The molecule has 2 N–H and O–H groups in total. The fourth-order valence-electron chi connectivity index (χ4n) is 1.94. The lowest BCUT2D eigenvalue weighted by Crippen LogP contribution is -2.18. The van der Waals surface area contributed by atoms with Crippen LogP contribution in [0.3, 0.4) is 0 Å². The quantitative estimate of drug-likeness (QED) is 0.423. The Balaban J connectivity index is 1.65. The summed E-state index contributed by atoms with van der Waals surface area (Å²) in [5.74, 6) is 0.0346. The number of nitro groups is 1. The van der Waals surface area contributed by atoms with Gasteiger partial charge >= 0.3 is 0 Å². The topological polar surface area (TPSA) is 126 Å². The van der Waals surface area contributed by atoms with E-state index in [0.717, 1.165) is 0 Å². The number of benzene rings is 1. The van der Waals surface area contributed by atoms with Crippen molar-refractivity contribution in [1.82, 2.24) is 15.6 Å². The SMILES string of the molecule is O=C(N/N=C\c1cccc([N+](=O)[O-])c1)c1cc(-c2ccco2)[nH]n1. The summed E-state index contributed by atoms with van der Waals surface area (Å²) < 4.78 is 5.19. The van der Waals surface area contributed by atoms with Crippen LogP contribution in [0.15, 0.2) is 58.2 Å². The van der Waals surface area contributed by atoms with Gasteiger partial charge in [0.05, 0.1) is 17.4 Å². The smallest absolute Gasteiger partial charge is 0.291 e. The van der Waals surface area contributed by atoms with Crippen LogP contribution in [0.2, 0.25) is 0 Å². The van der Waals surface area contributed by atoms with Gasteiger partial charge in [-0.25, -0.2) is 5.43 Å². The van der Waals surface area contributed by atoms with Crippen LogP contribution >= 0.6 is 0 Å². The third-order valence-corrected chi connectivity index (χ3v) is 3.06. The first-order valence-corrected chi connectivity index (χ1v) is 6.80. The second kappa shape index (κ2) is 6.57. The molecule has 2 aromatic heterocycles. The Hall–Kier alpha value is -3.75. The number of nitrogens with one attached hydrogen (secondary N) is 2. The van der Waals surface area contributed by atoms with Crippen molar-refractivity contribution in [3.8, 4) is 11.5 Å². The van der Waals surface area contributed by atoms with E-state index >= 15 is 0 Å². The zero-order valence-corrected chi connectivity index (χ0v) is 12.2. The zero-order chi connectivity index (χ0) is 16.9. The van der Waals surface area contributed by atoms with Crippen molar-refractivity contribution in [3.63, 3.8) is 0 Å². The van der Waals surface area contributed by atoms with E-state index in [1.54, 1.807) is 18.2 Å². The van der Waals surface area contributed by atoms with Gasteiger partial charge in [0.25, 0.3) is 11.6 Å². The third-order valence-electron chi connectivity index (χ3n) is 3.06. The van der Waals surface area contributed by atoms with Gasteiger partial charge in [-0.3, -0.25) is 20.0 Å². The summed E-state index contributed by atoms with van der Waals surface area (Å²) in [7, 11) is 0. The molecule has 0 bridgehead atoms. The fourth-order valence-corrected chi connectivity index (χ4v) is 1.94. The van der Waals surface area contributed by atoms with E-state index in [9.17, 15) is 14.9 Å². The maximum absolute atomic E-state index is 11.9. The van der Waals surface area contributed by atoms with E-state index < -0.39 is 10.8 Å². The summed E-state index contributed by atoms with van der Waals surface area (Å²) in [5, 5.41) is 21.0. The average molecular weight is 325 g/mol. The number of nitrogens with zero attached hydrogens (tertiary/aromatic N) is 3. The van der Waals surface area contributed by atoms with Gasteiger partial charge in [-0.15, -0.1) is 0 Å². The number of carbonyl (C=O) groups excluding carboxylic acids is 1. The molecule has 24 heavy (non-hydrogen) atoms. The maximum Gasteiger partial charge on any atom is 0.291 e. The largest absolute Gasteiger partial charge is 0.463 e. The van der Waals surface area contributed by atoms with E-state index in [0.29, 0.717) is 17.0 Å².